The highest BCUT2D eigenvalue weighted by molar-refractivity contribution is 5.71. The van der Waals surface area contributed by atoms with Crippen molar-refractivity contribution in [3.63, 3.8) is 0 Å². The molecule has 0 aliphatic heterocycles. The molecule has 0 bridgehead atoms. The van der Waals surface area contributed by atoms with E-state index >= 15 is 0 Å². The summed E-state index contributed by atoms with van der Waals surface area (Å²) in [5.74, 6) is -0.856. The second-order valence-corrected chi connectivity index (χ2v) is 25.2. The summed E-state index contributed by atoms with van der Waals surface area (Å²) in [5.41, 5.74) is 0. The number of allylic oxidation sites excluding steroid dienone is 6. The van der Waals surface area contributed by atoms with E-state index in [1.807, 2.05) is 0 Å². The summed E-state index contributed by atoms with van der Waals surface area (Å²) in [7, 11) is 0. The average molecular weight is 1150 g/mol. The van der Waals surface area contributed by atoms with E-state index in [1.54, 1.807) is 0 Å². The molecule has 0 radical (unpaired) electrons. The monoisotopic (exact) mass is 1150 g/mol. The summed E-state index contributed by atoms with van der Waals surface area (Å²) in [4.78, 5) is 38.3. The van der Waals surface area contributed by atoms with Crippen LogP contribution in [0.25, 0.3) is 0 Å². The van der Waals surface area contributed by atoms with Crippen LogP contribution >= 0.6 is 0 Å². The van der Waals surface area contributed by atoms with Crippen LogP contribution in [0.1, 0.15) is 412 Å². The van der Waals surface area contributed by atoms with Gasteiger partial charge in [-0.2, -0.15) is 0 Å². The third-order valence-electron chi connectivity index (χ3n) is 16.9. The molecule has 82 heavy (non-hydrogen) atoms. The largest absolute Gasteiger partial charge is 0.462 e. The number of unbranched alkanes of at least 4 members (excludes halogenated alkanes) is 52. The molecule has 0 aliphatic carbocycles. The van der Waals surface area contributed by atoms with Gasteiger partial charge in [-0.3, -0.25) is 14.4 Å². The molecule has 0 aliphatic rings. The van der Waals surface area contributed by atoms with E-state index in [0.717, 1.165) is 77.0 Å². The highest BCUT2D eigenvalue weighted by atomic mass is 16.6. The van der Waals surface area contributed by atoms with E-state index < -0.39 is 6.10 Å². The van der Waals surface area contributed by atoms with E-state index in [9.17, 15) is 14.4 Å². The number of esters is 3. The highest BCUT2D eigenvalue weighted by Gasteiger charge is 2.19. The van der Waals surface area contributed by atoms with Crippen LogP contribution in [0, 0.1) is 0 Å². The van der Waals surface area contributed by atoms with Gasteiger partial charge in [-0.15, -0.1) is 0 Å². The van der Waals surface area contributed by atoms with Crippen molar-refractivity contribution in [3.05, 3.63) is 36.5 Å². The minimum atomic E-state index is -0.773. The van der Waals surface area contributed by atoms with Crippen LogP contribution < -0.4 is 0 Å². The van der Waals surface area contributed by atoms with E-state index in [1.165, 1.54) is 295 Å². The molecule has 1 atom stereocenters. The van der Waals surface area contributed by atoms with Gasteiger partial charge in [0.15, 0.2) is 6.10 Å². The van der Waals surface area contributed by atoms with Gasteiger partial charge in [-0.25, -0.2) is 0 Å². The Bertz CT molecular complexity index is 1370. The first-order chi connectivity index (χ1) is 40.5. The third-order valence-corrected chi connectivity index (χ3v) is 16.9. The number of ether oxygens (including phenoxy) is 3. The Morgan fingerprint density at radius 1 is 0.244 bits per heavy atom. The zero-order valence-corrected chi connectivity index (χ0v) is 55.5. The molecule has 482 valence electrons. The normalized spacial score (nSPS) is 12.2. The number of rotatable bonds is 69. The molecule has 0 fully saturated rings. The van der Waals surface area contributed by atoms with Gasteiger partial charge in [0.2, 0.25) is 0 Å². The predicted octanol–water partition coefficient (Wildman–Crippen LogP) is 25.5. The van der Waals surface area contributed by atoms with Crippen LogP contribution in [0.4, 0.5) is 0 Å². The van der Waals surface area contributed by atoms with Crippen LogP contribution in [-0.4, -0.2) is 37.2 Å². The molecule has 0 heterocycles. The van der Waals surface area contributed by atoms with Gasteiger partial charge in [-0.05, 0) is 57.8 Å². The van der Waals surface area contributed by atoms with Gasteiger partial charge >= 0.3 is 17.9 Å². The van der Waals surface area contributed by atoms with Crippen molar-refractivity contribution < 1.29 is 28.6 Å². The van der Waals surface area contributed by atoms with Gasteiger partial charge < -0.3 is 14.2 Å². The molecule has 0 aromatic rings. The lowest BCUT2D eigenvalue weighted by Gasteiger charge is -2.18. The molecule has 0 aromatic heterocycles. The maximum atomic E-state index is 12.9. The van der Waals surface area contributed by atoms with Crippen LogP contribution in [-0.2, 0) is 28.6 Å². The quantitative estimate of drug-likeness (QED) is 0.0261. The van der Waals surface area contributed by atoms with Crippen molar-refractivity contribution in [2.75, 3.05) is 13.2 Å². The van der Waals surface area contributed by atoms with Gasteiger partial charge in [0.1, 0.15) is 13.2 Å². The average Bonchev–Trinajstić information content (AvgIpc) is 3.47. The first kappa shape index (κ1) is 79.6. The summed E-state index contributed by atoms with van der Waals surface area (Å²) in [5, 5.41) is 0. The summed E-state index contributed by atoms with van der Waals surface area (Å²) >= 11 is 0. The first-order valence-electron chi connectivity index (χ1n) is 37.0. The molecule has 0 N–H and O–H groups in total. The molecule has 1 unspecified atom stereocenters. The fourth-order valence-corrected chi connectivity index (χ4v) is 11.3. The Morgan fingerprint density at radius 2 is 0.439 bits per heavy atom. The number of hydrogen-bond donors (Lipinski definition) is 0. The van der Waals surface area contributed by atoms with Crippen molar-refractivity contribution in [2.24, 2.45) is 0 Å². The van der Waals surface area contributed by atoms with Gasteiger partial charge in [-0.1, -0.05) is 372 Å². The second kappa shape index (κ2) is 71.1. The Morgan fingerprint density at radius 3 is 0.683 bits per heavy atom. The summed E-state index contributed by atoms with van der Waals surface area (Å²) in [6.45, 7) is 6.66. The van der Waals surface area contributed by atoms with Gasteiger partial charge in [0.05, 0.1) is 0 Å². The van der Waals surface area contributed by atoms with E-state index in [2.05, 4.69) is 57.2 Å². The molecular formula is C76H142O6. The zero-order valence-electron chi connectivity index (χ0n) is 55.5. The number of carbonyl (C=O) groups is 3. The fourth-order valence-electron chi connectivity index (χ4n) is 11.3. The minimum Gasteiger partial charge on any atom is -0.462 e. The van der Waals surface area contributed by atoms with Crippen LogP contribution in [0.5, 0.6) is 0 Å². The standard InChI is InChI=1S/C76H142O6/c1-4-7-10-13-16-19-21-23-25-27-29-31-33-34-35-36-37-38-39-40-41-42-44-45-47-49-51-53-55-57-60-63-66-69-75(78)81-72-73(71-80-74(77)68-65-62-59-18-15-12-9-6-3)82-76(79)70-67-64-61-58-56-54-52-50-48-46-43-32-30-28-26-24-22-20-17-14-11-8-5-2/h22,24,28,30,43,46,73H,4-21,23,25-27,29,31-42,44-45,47-72H2,1-3H3/b24-22-,30-28-,46-43-. The van der Waals surface area contributed by atoms with Crippen molar-refractivity contribution in [2.45, 2.75) is 419 Å². The highest BCUT2D eigenvalue weighted by Crippen LogP contribution is 2.19. The molecule has 6 heteroatoms. The SMILES string of the molecule is CCCCCCC/C=C\C/C=C\C/C=C\CCCCCCCCCCC(=O)OC(COC(=O)CCCCCCCCCC)COC(=O)CCCCCCCCCCCCCCCCCCCCCCCCCCCCCCCCCCC. The van der Waals surface area contributed by atoms with Crippen molar-refractivity contribution in [1.29, 1.82) is 0 Å². The van der Waals surface area contributed by atoms with E-state index in [0.29, 0.717) is 19.3 Å². The van der Waals surface area contributed by atoms with Gasteiger partial charge in [0, 0.05) is 19.3 Å². The number of carbonyl (C=O) groups excluding carboxylic acids is 3. The Kier molecular flexibility index (Phi) is 69.1. The van der Waals surface area contributed by atoms with E-state index in [4.69, 9.17) is 14.2 Å². The van der Waals surface area contributed by atoms with Crippen molar-refractivity contribution in [1.82, 2.24) is 0 Å². The summed E-state index contributed by atoms with van der Waals surface area (Å²) in [6, 6.07) is 0. The van der Waals surface area contributed by atoms with Gasteiger partial charge in [0.25, 0.3) is 0 Å². The molecule has 0 rings (SSSR count). The summed E-state index contributed by atoms with van der Waals surface area (Å²) in [6.07, 6.45) is 89.4. The number of hydrogen-bond acceptors (Lipinski definition) is 6. The Labute approximate surface area is 512 Å². The van der Waals surface area contributed by atoms with Crippen LogP contribution in [0.3, 0.4) is 0 Å². The Hall–Kier alpha value is -2.37. The van der Waals surface area contributed by atoms with Crippen LogP contribution in [0.2, 0.25) is 0 Å². The lowest BCUT2D eigenvalue weighted by Crippen LogP contribution is -2.30. The van der Waals surface area contributed by atoms with E-state index in [-0.39, 0.29) is 31.1 Å². The minimum absolute atomic E-state index is 0.0701. The topological polar surface area (TPSA) is 78.9 Å². The molecule has 0 saturated heterocycles. The summed E-state index contributed by atoms with van der Waals surface area (Å²) < 4.78 is 16.9. The molecular weight excluding hydrogens is 1010 g/mol. The smallest absolute Gasteiger partial charge is 0.306 e. The predicted molar refractivity (Wildman–Crippen MR) is 358 cm³/mol. The molecule has 0 saturated carbocycles. The molecule has 0 amide bonds. The maximum absolute atomic E-state index is 12.9. The molecule has 6 nitrogen and oxygen atoms in total. The zero-order chi connectivity index (χ0) is 59.2. The van der Waals surface area contributed by atoms with Crippen molar-refractivity contribution in [3.8, 4) is 0 Å². The lowest BCUT2D eigenvalue weighted by molar-refractivity contribution is -0.167. The first-order valence-corrected chi connectivity index (χ1v) is 37.0. The lowest BCUT2D eigenvalue weighted by atomic mass is 10.0. The molecule has 0 aromatic carbocycles. The maximum Gasteiger partial charge on any atom is 0.306 e. The van der Waals surface area contributed by atoms with Crippen LogP contribution in [0.15, 0.2) is 36.5 Å². The van der Waals surface area contributed by atoms with Crippen molar-refractivity contribution >= 4 is 17.9 Å². The molecule has 0 spiro atoms. The third kappa shape index (κ3) is 68.4. The second-order valence-electron chi connectivity index (χ2n) is 25.2. The fraction of sp³-hybridized carbons (Fsp3) is 0.882. The Balaban J connectivity index is 4.01.